The van der Waals surface area contributed by atoms with Gasteiger partial charge in [0.05, 0.1) is 17.1 Å². The first kappa shape index (κ1) is 12.9. The number of aromatic amines is 1. The molecule has 3 rings (SSSR count). The molecule has 1 amide bonds. The van der Waals surface area contributed by atoms with E-state index in [1.807, 2.05) is 30.9 Å². The Balaban J connectivity index is 1.80. The highest BCUT2D eigenvalue weighted by Gasteiger charge is 2.22. The molecule has 0 spiro atoms. The van der Waals surface area contributed by atoms with Gasteiger partial charge in [0.2, 0.25) is 5.91 Å². The maximum absolute atomic E-state index is 12.2. The Hall–Kier alpha value is -1.14. The monoisotopic (exact) mass is 293 g/mol. The van der Waals surface area contributed by atoms with Crippen molar-refractivity contribution < 1.29 is 4.79 Å². The van der Waals surface area contributed by atoms with Crippen molar-refractivity contribution in [2.45, 2.75) is 12.2 Å². The Morgan fingerprint density at radius 1 is 1.53 bits per heavy atom. The number of H-pyrrole nitrogens is 1. The van der Waals surface area contributed by atoms with Crippen LogP contribution in [0.15, 0.2) is 18.5 Å². The Kier molecular flexibility index (Phi) is 3.70. The van der Waals surface area contributed by atoms with Crippen LogP contribution in [0.5, 0.6) is 0 Å². The minimum Gasteiger partial charge on any atom is -0.346 e. The van der Waals surface area contributed by atoms with E-state index in [9.17, 15) is 4.79 Å². The second kappa shape index (κ2) is 5.46. The maximum Gasteiger partial charge on any atom is 0.238 e. The van der Waals surface area contributed by atoms with E-state index in [4.69, 9.17) is 0 Å². The average Bonchev–Trinajstić information content (AvgIpc) is 2.92. The van der Waals surface area contributed by atoms with Gasteiger partial charge in [-0.1, -0.05) is 0 Å². The number of hydrogen-bond donors (Lipinski definition) is 2. The number of hydrogen-bond acceptors (Lipinski definition) is 4. The molecular weight excluding hydrogens is 278 g/mol. The van der Waals surface area contributed by atoms with Crippen LogP contribution >= 0.6 is 23.5 Å². The largest absolute Gasteiger partial charge is 0.346 e. The Morgan fingerprint density at radius 3 is 3.21 bits per heavy atom. The molecule has 2 N–H and O–H groups in total. The number of nitrogens with one attached hydrogen (secondary N) is 2. The van der Waals surface area contributed by atoms with Gasteiger partial charge in [0.15, 0.2) is 0 Å². The zero-order chi connectivity index (χ0) is 13.2. The van der Waals surface area contributed by atoms with Gasteiger partial charge < -0.3 is 10.3 Å². The first-order chi connectivity index (χ1) is 9.25. The standard InChI is InChI=1S/C13H15N3OS2/c1-8-9-2-3-14-12(9)15-6-10(8)16-13(17)11-7-18-4-5-19-11/h2-3,6,11H,4-5,7H2,1H3,(H,14,15)(H,16,17). The van der Waals surface area contributed by atoms with Crippen molar-refractivity contribution in [3.8, 4) is 0 Å². The van der Waals surface area contributed by atoms with Crippen LogP contribution in [0.4, 0.5) is 5.69 Å². The molecule has 1 aliphatic heterocycles. The van der Waals surface area contributed by atoms with Crippen LogP contribution in [0.25, 0.3) is 11.0 Å². The van der Waals surface area contributed by atoms with E-state index in [1.165, 1.54) is 0 Å². The van der Waals surface area contributed by atoms with E-state index in [0.29, 0.717) is 0 Å². The van der Waals surface area contributed by atoms with Crippen LogP contribution in [0.1, 0.15) is 5.56 Å². The highest BCUT2D eigenvalue weighted by molar-refractivity contribution is 8.07. The number of amides is 1. The van der Waals surface area contributed by atoms with Gasteiger partial charge in [0.1, 0.15) is 5.65 Å². The summed E-state index contributed by atoms with van der Waals surface area (Å²) in [6.45, 7) is 2.01. The number of carbonyl (C=O) groups is 1. The molecule has 19 heavy (non-hydrogen) atoms. The number of aryl methyl sites for hydroxylation is 1. The fraction of sp³-hybridized carbons (Fsp3) is 0.385. The lowest BCUT2D eigenvalue weighted by atomic mass is 10.2. The van der Waals surface area contributed by atoms with E-state index in [0.717, 1.165) is 39.5 Å². The zero-order valence-corrected chi connectivity index (χ0v) is 12.2. The van der Waals surface area contributed by atoms with E-state index < -0.39 is 0 Å². The third-order valence-electron chi connectivity index (χ3n) is 3.22. The highest BCUT2D eigenvalue weighted by Crippen LogP contribution is 2.27. The maximum atomic E-state index is 12.2. The molecule has 1 atom stereocenters. The molecule has 1 fully saturated rings. The van der Waals surface area contributed by atoms with Gasteiger partial charge in [-0.3, -0.25) is 4.79 Å². The van der Waals surface area contributed by atoms with Gasteiger partial charge in [-0.2, -0.15) is 11.8 Å². The molecule has 100 valence electrons. The van der Waals surface area contributed by atoms with Crippen LogP contribution in [0.2, 0.25) is 0 Å². The van der Waals surface area contributed by atoms with Crippen molar-refractivity contribution >= 4 is 46.2 Å². The van der Waals surface area contributed by atoms with Crippen LogP contribution in [-0.4, -0.2) is 38.4 Å². The predicted molar refractivity (Wildman–Crippen MR) is 83.0 cm³/mol. The summed E-state index contributed by atoms with van der Waals surface area (Å²) < 4.78 is 0. The number of pyridine rings is 1. The minimum atomic E-state index is 0.0556. The van der Waals surface area contributed by atoms with Crippen molar-refractivity contribution in [2.75, 3.05) is 22.6 Å². The number of rotatable bonds is 2. The highest BCUT2D eigenvalue weighted by atomic mass is 32.2. The third kappa shape index (κ3) is 2.60. The molecule has 0 aromatic carbocycles. The van der Waals surface area contributed by atoms with Crippen LogP contribution < -0.4 is 5.32 Å². The summed E-state index contributed by atoms with van der Waals surface area (Å²) in [6.07, 6.45) is 3.59. The molecule has 4 nitrogen and oxygen atoms in total. The smallest absolute Gasteiger partial charge is 0.238 e. The molecule has 2 aromatic heterocycles. The van der Waals surface area contributed by atoms with Gasteiger partial charge >= 0.3 is 0 Å². The second-order valence-corrected chi connectivity index (χ2v) is 6.92. The van der Waals surface area contributed by atoms with Crippen LogP contribution in [0.3, 0.4) is 0 Å². The Morgan fingerprint density at radius 2 is 2.42 bits per heavy atom. The molecule has 0 saturated carbocycles. The van der Waals surface area contributed by atoms with Gasteiger partial charge in [-0.25, -0.2) is 4.98 Å². The third-order valence-corrected chi connectivity index (χ3v) is 5.98. The lowest BCUT2D eigenvalue weighted by Gasteiger charge is -2.20. The van der Waals surface area contributed by atoms with Crippen molar-refractivity contribution in [1.82, 2.24) is 9.97 Å². The average molecular weight is 293 g/mol. The molecule has 1 saturated heterocycles. The summed E-state index contributed by atoms with van der Waals surface area (Å²) >= 11 is 3.59. The van der Waals surface area contributed by atoms with Gasteiger partial charge in [-0.15, -0.1) is 11.8 Å². The van der Waals surface area contributed by atoms with Crippen LogP contribution in [0, 0.1) is 6.92 Å². The Labute approximate surface area is 120 Å². The van der Waals surface area contributed by atoms with Gasteiger partial charge in [-0.05, 0) is 18.6 Å². The summed E-state index contributed by atoms with van der Waals surface area (Å²) in [5, 5.41) is 4.13. The topological polar surface area (TPSA) is 57.8 Å². The van der Waals surface area contributed by atoms with Crippen LogP contribution in [-0.2, 0) is 4.79 Å². The molecule has 1 unspecified atom stereocenters. The molecule has 2 aromatic rings. The summed E-state index contributed by atoms with van der Waals surface area (Å²) in [7, 11) is 0. The number of carbonyl (C=O) groups excluding carboxylic acids is 1. The first-order valence-electron chi connectivity index (χ1n) is 6.18. The molecular formula is C13H15N3OS2. The number of fused-ring (bicyclic) bond motifs is 1. The first-order valence-corrected chi connectivity index (χ1v) is 8.39. The van der Waals surface area contributed by atoms with E-state index in [2.05, 4.69) is 15.3 Å². The van der Waals surface area contributed by atoms with Crippen molar-refractivity contribution in [3.05, 3.63) is 24.0 Å². The van der Waals surface area contributed by atoms with Crippen molar-refractivity contribution in [1.29, 1.82) is 0 Å². The molecule has 0 aliphatic carbocycles. The summed E-state index contributed by atoms with van der Waals surface area (Å²) in [5.41, 5.74) is 2.74. The minimum absolute atomic E-state index is 0.0556. The number of nitrogens with zero attached hydrogens (tertiary/aromatic N) is 1. The fourth-order valence-corrected chi connectivity index (χ4v) is 4.68. The molecule has 0 radical (unpaired) electrons. The summed E-state index contributed by atoms with van der Waals surface area (Å²) in [4.78, 5) is 19.6. The predicted octanol–water partition coefficient (Wildman–Crippen LogP) is 2.66. The van der Waals surface area contributed by atoms with E-state index in [-0.39, 0.29) is 11.2 Å². The van der Waals surface area contributed by atoms with E-state index >= 15 is 0 Å². The fourth-order valence-electron chi connectivity index (χ4n) is 2.12. The molecule has 6 heteroatoms. The Bertz CT molecular complexity index is 605. The quantitative estimate of drug-likeness (QED) is 0.894. The van der Waals surface area contributed by atoms with E-state index in [1.54, 1.807) is 18.0 Å². The number of thioether (sulfide) groups is 2. The summed E-state index contributed by atoms with van der Waals surface area (Å²) in [5.74, 6) is 3.19. The zero-order valence-electron chi connectivity index (χ0n) is 10.6. The second-order valence-electron chi connectivity index (χ2n) is 4.46. The SMILES string of the molecule is Cc1c(NC(=O)C2CSCCS2)cnc2[nH]ccc12. The lowest BCUT2D eigenvalue weighted by molar-refractivity contribution is -0.115. The molecule has 3 heterocycles. The van der Waals surface area contributed by atoms with Gasteiger partial charge in [0, 0.05) is 28.8 Å². The molecule has 1 aliphatic rings. The van der Waals surface area contributed by atoms with Gasteiger partial charge in [0.25, 0.3) is 0 Å². The number of aromatic nitrogens is 2. The number of anilines is 1. The lowest BCUT2D eigenvalue weighted by Crippen LogP contribution is -2.30. The van der Waals surface area contributed by atoms with Crippen molar-refractivity contribution in [3.63, 3.8) is 0 Å². The molecule has 0 bridgehead atoms. The summed E-state index contributed by atoms with van der Waals surface area (Å²) in [6, 6.07) is 1.98. The van der Waals surface area contributed by atoms with Crippen molar-refractivity contribution in [2.24, 2.45) is 0 Å². The normalized spacial score (nSPS) is 19.5.